The van der Waals surface area contributed by atoms with Gasteiger partial charge in [0.25, 0.3) is 0 Å². The molecule has 0 aliphatic heterocycles. The summed E-state index contributed by atoms with van der Waals surface area (Å²) in [5, 5.41) is 0. The van der Waals surface area contributed by atoms with Crippen LogP contribution in [0.25, 0.3) is 0 Å². The average molecular weight is 253 g/mol. The zero-order valence-electron chi connectivity index (χ0n) is 7.07. The first kappa shape index (κ1) is 8.82. The SMILES string of the molecule is CCC1CCC[C@@H]([I-]C)C1. The first-order chi connectivity index (χ1) is 4.86. The second-order valence-corrected chi connectivity index (χ2v) is 6.26. The fourth-order valence-electron chi connectivity index (χ4n) is 1.79. The van der Waals surface area contributed by atoms with E-state index >= 15 is 0 Å². The Morgan fingerprint density at radius 1 is 1.40 bits per heavy atom. The Morgan fingerprint density at radius 3 is 2.80 bits per heavy atom. The predicted molar refractivity (Wildman–Crippen MR) is 42.0 cm³/mol. The molecule has 0 bridgehead atoms. The molecule has 1 saturated carbocycles. The van der Waals surface area contributed by atoms with Crippen molar-refractivity contribution in [1.82, 2.24) is 0 Å². The summed E-state index contributed by atoms with van der Waals surface area (Å²) >= 11 is 0.553. The van der Waals surface area contributed by atoms with Crippen molar-refractivity contribution in [2.45, 2.75) is 43.0 Å². The number of hydrogen-bond acceptors (Lipinski definition) is 0. The molecule has 1 aliphatic carbocycles. The molecule has 0 aromatic carbocycles. The first-order valence-electron chi connectivity index (χ1n) is 4.34. The van der Waals surface area contributed by atoms with Gasteiger partial charge in [0.2, 0.25) is 0 Å². The van der Waals surface area contributed by atoms with Gasteiger partial charge in [-0.05, 0) is 0 Å². The van der Waals surface area contributed by atoms with Crippen molar-refractivity contribution in [2.75, 3.05) is 4.93 Å². The summed E-state index contributed by atoms with van der Waals surface area (Å²) in [4.78, 5) is 2.45. The van der Waals surface area contributed by atoms with E-state index in [0.29, 0.717) is 21.2 Å². The molecule has 62 valence electrons. The Morgan fingerprint density at radius 2 is 2.20 bits per heavy atom. The van der Waals surface area contributed by atoms with Gasteiger partial charge in [-0.25, -0.2) is 0 Å². The minimum atomic E-state index is 0.553. The van der Waals surface area contributed by atoms with E-state index in [2.05, 4.69) is 11.9 Å². The van der Waals surface area contributed by atoms with Crippen LogP contribution in [-0.2, 0) is 0 Å². The molecule has 0 spiro atoms. The van der Waals surface area contributed by atoms with E-state index < -0.39 is 0 Å². The zero-order valence-corrected chi connectivity index (χ0v) is 9.23. The van der Waals surface area contributed by atoms with Crippen LogP contribution in [-0.4, -0.2) is 8.86 Å². The van der Waals surface area contributed by atoms with Crippen molar-refractivity contribution in [3.05, 3.63) is 0 Å². The van der Waals surface area contributed by atoms with Gasteiger partial charge in [-0.15, -0.1) is 0 Å². The third-order valence-corrected chi connectivity index (χ3v) is 5.50. The van der Waals surface area contributed by atoms with Gasteiger partial charge in [0, 0.05) is 0 Å². The summed E-state index contributed by atoms with van der Waals surface area (Å²) in [6.07, 6.45) is 7.61. The summed E-state index contributed by atoms with van der Waals surface area (Å²) in [6.45, 7) is 2.35. The third kappa shape index (κ3) is 2.40. The van der Waals surface area contributed by atoms with E-state index in [0.717, 1.165) is 5.92 Å². The molecule has 1 aliphatic rings. The van der Waals surface area contributed by atoms with Gasteiger partial charge in [0.05, 0.1) is 0 Å². The Balaban J connectivity index is 2.25. The molecule has 0 nitrogen and oxygen atoms in total. The van der Waals surface area contributed by atoms with Crippen LogP contribution in [0.15, 0.2) is 0 Å². The maximum absolute atomic E-state index is 2.45. The molecule has 10 heavy (non-hydrogen) atoms. The van der Waals surface area contributed by atoms with Crippen molar-refractivity contribution in [2.24, 2.45) is 5.92 Å². The zero-order chi connectivity index (χ0) is 7.40. The van der Waals surface area contributed by atoms with Gasteiger partial charge < -0.3 is 0 Å². The molecule has 0 N–H and O–H groups in total. The normalized spacial score (nSPS) is 34.6. The summed E-state index contributed by atoms with van der Waals surface area (Å²) in [5.74, 6) is 1.10. The Bertz CT molecular complexity index is 80.7. The van der Waals surface area contributed by atoms with Crippen LogP contribution in [0.5, 0.6) is 0 Å². The molecular formula is C9H18I-. The van der Waals surface area contributed by atoms with Crippen molar-refractivity contribution >= 4 is 0 Å². The van der Waals surface area contributed by atoms with Crippen molar-refractivity contribution in [3.8, 4) is 0 Å². The Hall–Kier alpha value is 0.730. The van der Waals surface area contributed by atoms with Crippen LogP contribution in [0.3, 0.4) is 0 Å². The van der Waals surface area contributed by atoms with Crippen LogP contribution >= 0.6 is 0 Å². The van der Waals surface area contributed by atoms with Gasteiger partial charge in [-0.3, -0.25) is 0 Å². The van der Waals surface area contributed by atoms with Gasteiger partial charge in [-0.2, -0.15) is 0 Å². The number of alkyl halides is 2. The van der Waals surface area contributed by atoms with Gasteiger partial charge >= 0.3 is 75.0 Å². The quantitative estimate of drug-likeness (QED) is 0.467. The number of halogens is 1. The first-order valence-corrected chi connectivity index (χ1v) is 7.75. The molecule has 0 radical (unpaired) electrons. The second kappa shape index (κ2) is 4.58. The van der Waals surface area contributed by atoms with E-state index in [1.165, 1.54) is 23.2 Å². The molecule has 0 amide bonds. The molecule has 0 heterocycles. The summed E-state index contributed by atoms with van der Waals surface area (Å²) in [7, 11) is 0. The molecule has 2 atom stereocenters. The van der Waals surface area contributed by atoms with Gasteiger partial charge in [-0.1, -0.05) is 0 Å². The maximum atomic E-state index is 2.45. The van der Waals surface area contributed by atoms with Crippen LogP contribution in [0.4, 0.5) is 0 Å². The van der Waals surface area contributed by atoms with Crippen LogP contribution in [0.2, 0.25) is 0 Å². The predicted octanol–water partition coefficient (Wildman–Crippen LogP) is -0.326. The third-order valence-electron chi connectivity index (χ3n) is 2.60. The molecular weight excluding hydrogens is 235 g/mol. The minimum absolute atomic E-state index is 0.553. The van der Waals surface area contributed by atoms with Crippen LogP contribution in [0, 0.1) is 5.92 Å². The monoisotopic (exact) mass is 253 g/mol. The average Bonchev–Trinajstić information content (AvgIpc) is 2.05. The van der Waals surface area contributed by atoms with Crippen molar-refractivity contribution in [1.29, 1.82) is 0 Å². The van der Waals surface area contributed by atoms with E-state index in [-0.39, 0.29) is 0 Å². The van der Waals surface area contributed by atoms with Crippen molar-refractivity contribution < 1.29 is 21.2 Å². The standard InChI is InChI=1S/C9H18I/c1-3-8-5-4-6-9(7-8)10-2/h8-9H,3-7H2,1-2H3/q-1/t8?,9-/m1/s1. The van der Waals surface area contributed by atoms with Gasteiger partial charge in [0.1, 0.15) is 0 Å². The number of hydrogen-bond donors (Lipinski definition) is 0. The second-order valence-electron chi connectivity index (χ2n) is 3.26. The summed E-state index contributed by atoms with van der Waals surface area (Å²) in [6, 6.07) is 0. The van der Waals surface area contributed by atoms with Crippen LogP contribution in [0.1, 0.15) is 39.0 Å². The molecule has 1 unspecified atom stereocenters. The fraction of sp³-hybridized carbons (Fsp3) is 1.00. The van der Waals surface area contributed by atoms with Crippen molar-refractivity contribution in [3.63, 3.8) is 0 Å². The van der Waals surface area contributed by atoms with Crippen LogP contribution < -0.4 is 21.2 Å². The molecule has 1 heteroatoms. The van der Waals surface area contributed by atoms with E-state index in [9.17, 15) is 0 Å². The van der Waals surface area contributed by atoms with E-state index in [1.54, 1.807) is 12.8 Å². The molecule has 0 aromatic rings. The molecule has 1 rings (SSSR count). The van der Waals surface area contributed by atoms with Gasteiger partial charge in [0.15, 0.2) is 0 Å². The van der Waals surface area contributed by atoms with E-state index in [4.69, 9.17) is 0 Å². The Labute approximate surface area is 75.0 Å². The number of rotatable bonds is 2. The topological polar surface area (TPSA) is 0 Å². The molecule has 1 fully saturated rings. The Kier molecular flexibility index (Phi) is 4.04. The fourth-order valence-corrected chi connectivity index (χ4v) is 4.09. The summed E-state index contributed by atoms with van der Waals surface area (Å²) < 4.78 is 1.18. The molecule has 0 aromatic heterocycles. The summed E-state index contributed by atoms with van der Waals surface area (Å²) in [5.41, 5.74) is 0. The van der Waals surface area contributed by atoms with E-state index in [1.807, 2.05) is 0 Å². The molecule has 0 saturated heterocycles.